The maximum atomic E-state index is 5.97. The molecule has 1 aliphatic rings. The van der Waals surface area contributed by atoms with Crippen LogP contribution >= 0.6 is 0 Å². The molecule has 0 aliphatic carbocycles. The number of benzene rings is 1. The molecule has 0 N–H and O–H groups in total. The average Bonchev–Trinajstić information content (AvgIpc) is 2.35. The summed E-state index contributed by atoms with van der Waals surface area (Å²) in [4.78, 5) is 0. The minimum Gasteiger partial charge on any atom is -0.478 e. The SMILES string of the molecule is C#Cc1cc2c(c([Si](C)(C)C)c1)OC(C#C)CC2. The zero-order chi connectivity index (χ0) is 13.3. The predicted molar refractivity (Wildman–Crippen MR) is 78.9 cm³/mol. The molecular weight excluding hydrogens is 236 g/mol. The fraction of sp³-hybridized carbons (Fsp3) is 0.375. The molecule has 1 heterocycles. The lowest BCUT2D eigenvalue weighted by Gasteiger charge is -2.29. The van der Waals surface area contributed by atoms with Crippen LogP contribution in [0.2, 0.25) is 19.6 Å². The maximum absolute atomic E-state index is 5.97. The van der Waals surface area contributed by atoms with Crippen molar-refractivity contribution >= 4 is 13.3 Å². The molecule has 0 spiro atoms. The van der Waals surface area contributed by atoms with Crippen LogP contribution in [0.1, 0.15) is 17.5 Å². The van der Waals surface area contributed by atoms with Crippen LogP contribution in [0.4, 0.5) is 0 Å². The van der Waals surface area contributed by atoms with Crippen molar-refractivity contribution in [2.24, 2.45) is 0 Å². The Balaban J connectivity index is 2.59. The quantitative estimate of drug-likeness (QED) is 0.553. The van der Waals surface area contributed by atoms with Gasteiger partial charge in [0.15, 0.2) is 6.10 Å². The molecule has 1 atom stereocenters. The van der Waals surface area contributed by atoms with Gasteiger partial charge >= 0.3 is 0 Å². The Morgan fingerprint density at radius 2 is 2.00 bits per heavy atom. The van der Waals surface area contributed by atoms with E-state index in [1.54, 1.807) is 0 Å². The molecule has 2 rings (SSSR count). The minimum atomic E-state index is -1.49. The van der Waals surface area contributed by atoms with Crippen molar-refractivity contribution in [2.75, 3.05) is 0 Å². The van der Waals surface area contributed by atoms with Crippen LogP contribution in [0.3, 0.4) is 0 Å². The summed E-state index contributed by atoms with van der Waals surface area (Å²) < 4.78 is 5.97. The Bertz CT molecular complexity index is 552. The number of terminal acetylenes is 2. The number of fused-ring (bicyclic) bond motifs is 1. The van der Waals surface area contributed by atoms with Gasteiger partial charge in [0.05, 0.1) is 8.07 Å². The first-order valence-corrected chi connectivity index (χ1v) is 9.72. The van der Waals surface area contributed by atoms with Gasteiger partial charge in [-0.15, -0.1) is 12.8 Å². The molecule has 0 saturated heterocycles. The molecule has 0 saturated carbocycles. The van der Waals surface area contributed by atoms with Crippen molar-refractivity contribution < 1.29 is 4.74 Å². The lowest BCUT2D eigenvalue weighted by molar-refractivity contribution is 0.229. The monoisotopic (exact) mass is 254 g/mol. The van der Waals surface area contributed by atoms with Crippen molar-refractivity contribution in [3.63, 3.8) is 0 Å². The van der Waals surface area contributed by atoms with Gasteiger partial charge in [-0.25, -0.2) is 0 Å². The Morgan fingerprint density at radius 1 is 1.28 bits per heavy atom. The number of ether oxygens (including phenoxy) is 1. The van der Waals surface area contributed by atoms with E-state index in [0.29, 0.717) is 0 Å². The summed E-state index contributed by atoms with van der Waals surface area (Å²) in [6.07, 6.45) is 12.8. The summed E-state index contributed by atoms with van der Waals surface area (Å²) in [5.74, 6) is 6.45. The second kappa shape index (κ2) is 4.56. The Hall–Kier alpha value is -1.64. The highest BCUT2D eigenvalue weighted by atomic mass is 28.3. The first kappa shape index (κ1) is 12.8. The van der Waals surface area contributed by atoms with E-state index in [0.717, 1.165) is 24.2 Å². The molecular formula is C16H18OSi. The van der Waals surface area contributed by atoms with E-state index in [1.807, 2.05) is 0 Å². The fourth-order valence-corrected chi connectivity index (χ4v) is 3.75. The highest BCUT2D eigenvalue weighted by molar-refractivity contribution is 6.89. The maximum Gasteiger partial charge on any atom is 0.159 e. The van der Waals surface area contributed by atoms with Crippen molar-refractivity contribution in [2.45, 2.75) is 38.6 Å². The third-order valence-electron chi connectivity index (χ3n) is 3.26. The zero-order valence-corrected chi connectivity index (χ0v) is 12.2. The van der Waals surface area contributed by atoms with E-state index in [2.05, 4.69) is 43.6 Å². The van der Waals surface area contributed by atoms with Crippen molar-refractivity contribution in [1.29, 1.82) is 0 Å². The fourth-order valence-electron chi connectivity index (χ4n) is 2.26. The van der Waals surface area contributed by atoms with Gasteiger partial charge in [-0.3, -0.25) is 0 Å². The normalized spacial score (nSPS) is 18.2. The van der Waals surface area contributed by atoms with Crippen LogP contribution in [-0.2, 0) is 6.42 Å². The second-order valence-corrected chi connectivity index (χ2v) is 10.8. The summed E-state index contributed by atoms with van der Waals surface area (Å²) in [6, 6.07) is 4.16. The molecule has 0 aromatic heterocycles. The van der Waals surface area contributed by atoms with Crippen LogP contribution in [-0.4, -0.2) is 14.2 Å². The molecule has 2 heteroatoms. The summed E-state index contributed by atoms with van der Waals surface area (Å²) >= 11 is 0. The summed E-state index contributed by atoms with van der Waals surface area (Å²) in [6.45, 7) is 6.89. The molecule has 1 aromatic carbocycles. The molecule has 0 bridgehead atoms. The molecule has 0 amide bonds. The Morgan fingerprint density at radius 3 is 2.56 bits per heavy atom. The van der Waals surface area contributed by atoms with E-state index < -0.39 is 8.07 Å². The van der Waals surface area contributed by atoms with E-state index >= 15 is 0 Å². The van der Waals surface area contributed by atoms with E-state index in [-0.39, 0.29) is 6.10 Å². The zero-order valence-electron chi connectivity index (χ0n) is 11.2. The van der Waals surface area contributed by atoms with E-state index in [1.165, 1.54) is 10.8 Å². The lowest BCUT2D eigenvalue weighted by atomic mass is 10.0. The molecule has 1 nitrogen and oxygen atoms in total. The Kier molecular flexibility index (Phi) is 3.24. The van der Waals surface area contributed by atoms with Gasteiger partial charge in [0.2, 0.25) is 0 Å². The highest BCUT2D eigenvalue weighted by Crippen LogP contribution is 2.29. The smallest absolute Gasteiger partial charge is 0.159 e. The topological polar surface area (TPSA) is 9.23 Å². The Labute approximate surface area is 111 Å². The number of hydrogen-bond donors (Lipinski definition) is 0. The van der Waals surface area contributed by atoms with Crippen LogP contribution in [0.5, 0.6) is 5.75 Å². The average molecular weight is 254 g/mol. The lowest BCUT2D eigenvalue weighted by Crippen LogP contribution is -2.41. The number of hydrogen-bond acceptors (Lipinski definition) is 1. The first-order valence-electron chi connectivity index (χ1n) is 6.22. The molecule has 1 unspecified atom stereocenters. The molecule has 1 aliphatic heterocycles. The van der Waals surface area contributed by atoms with Crippen LogP contribution < -0.4 is 9.92 Å². The highest BCUT2D eigenvalue weighted by Gasteiger charge is 2.28. The summed E-state index contributed by atoms with van der Waals surface area (Å²) in [5, 5.41) is 1.29. The van der Waals surface area contributed by atoms with Gasteiger partial charge in [0.25, 0.3) is 0 Å². The van der Waals surface area contributed by atoms with Crippen LogP contribution in [0, 0.1) is 24.7 Å². The van der Waals surface area contributed by atoms with Gasteiger partial charge in [0.1, 0.15) is 5.75 Å². The predicted octanol–water partition coefficient (Wildman–Crippen LogP) is 2.54. The molecule has 0 fully saturated rings. The number of aryl methyl sites for hydroxylation is 1. The minimum absolute atomic E-state index is 0.0933. The molecule has 1 aromatic rings. The largest absolute Gasteiger partial charge is 0.478 e. The molecule has 18 heavy (non-hydrogen) atoms. The van der Waals surface area contributed by atoms with Gasteiger partial charge in [0, 0.05) is 5.56 Å². The van der Waals surface area contributed by atoms with E-state index in [4.69, 9.17) is 17.6 Å². The van der Waals surface area contributed by atoms with E-state index in [9.17, 15) is 0 Å². The molecule has 92 valence electrons. The van der Waals surface area contributed by atoms with Crippen molar-refractivity contribution in [3.8, 4) is 30.4 Å². The van der Waals surface area contributed by atoms with Crippen LogP contribution in [0.15, 0.2) is 12.1 Å². The number of rotatable bonds is 1. The van der Waals surface area contributed by atoms with Gasteiger partial charge < -0.3 is 4.74 Å². The first-order chi connectivity index (χ1) is 8.45. The van der Waals surface area contributed by atoms with Crippen molar-refractivity contribution in [3.05, 3.63) is 23.3 Å². The van der Waals surface area contributed by atoms with Gasteiger partial charge in [-0.1, -0.05) is 31.5 Å². The molecule has 0 radical (unpaired) electrons. The van der Waals surface area contributed by atoms with Crippen LogP contribution in [0.25, 0.3) is 0 Å². The standard InChI is InChI=1S/C16H18OSi/c1-6-12-10-13-8-9-14(7-2)17-16(13)15(11-12)18(3,4)5/h1-2,10-11,14H,8-9H2,3-5H3. The third kappa shape index (κ3) is 2.30. The second-order valence-electron chi connectivity index (χ2n) is 5.72. The summed E-state index contributed by atoms with van der Waals surface area (Å²) in [7, 11) is -1.49. The van der Waals surface area contributed by atoms with Crippen molar-refractivity contribution in [1.82, 2.24) is 0 Å². The van der Waals surface area contributed by atoms with Gasteiger partial charge in [-0.2, -0.15) is 0 Å². The van der Waals surface area contributed by atoms with Gasteiger partial charge in [-0.05, 0) is 35.7 Å². The summed E-state index contributed by atoms with van der Waals surface area (Å²) in [5.41, 5.74) is 2.17. The third-order valence-corrected chi connectivity index (χ3v) is 5.25.